The van der Waals surface area contributed by atoms with Gasteiger partial charge in [-0.25, -0.2) is 4.98 Å². The summed E-state index contributed by atoms with van der Waals surface area (Å²) in [6.07, 6.45) is 5.61. The van der Waals surface area contributed by atoms with Gasteiger partial charge in [-0.3, -0.25) is 0 Å². The molecule has 2 rings (SSSR count). The van der Waals surface area contributed by atoms with Crippen LogP contribution in [0.2, 0.25) is 0 Å². The molecule has 2 N–H and O–H groups in total. The molecule has 0 bridgehead atoms. The van der Waals surface area contributed by atoms with E-state index >= 15 is 0 Å². The van der Waals surface area contributed by atoms with E-state index in [4.69, 9.17) is 10.5 Å². The van der Waals surface area contributed by atoms with Crippen LogP contribution in [0.3, 0.4) is 0 Å². The second-order valence-electron chi connectivity index (χ2n) is 5.72. The molecule has 18 heavy (non-hydrogen) atoms. The Balaban J connectivity index is 1.99. The van der Waals surface area contributed by atoms with Crippen molar-refractivity contribution < 1.29 is 4.74 Å². The fraction of sp³-hybridized carbons (Fsp3) is 0.667. The van der Waals surface area contributed by atoms with Crippen LogP contribution < -0.4 is 10.5 Å². The zero-order valence-electron chi connectivity index (χ0n) is 11.6. The maximum absolute atomic E-state index is 6.00. The summed E-state index contributed by atoms with van der Waals surface area (Å²) in [5.41, 5.74) is 6.95. The molecule has 0 spiro atoms. The molecule has 1 aliphatic rings. The number of hydrogen-bond acceptors (Lipinski definition) is 3. The number of ether oxygens (including phenoxy) is 1. The highest BCUT2D eigenvalue weighted by Gasteiger charge is 2.26. The van der Waals surface area contributed by atoms with E-state index in [1.807, 2.05) is 19.1 Å². The summed E-state index contributed by atoms with van der Waals surface area (Å²) < 4.78 is 6.00. The monoisotopic (exact) mass is 248 g/mol. The van der Waals surface area contributed by atoms with E-state index in [1.54, 1.807) is 6.20 Å². The molecule has 100 valence electrons. The lowest BCUT2D eigenvalue weighted by Crippen LogP contribution is -2.29. The lowest BCUT2D eigenvalue weighted by atomic mass is 9.80. The minimum absolute atomic E-state index is 0.0284. The van der Waals surface area contributed by atoms with Crippen LogP contribution in [0.5, 0.6) is 5.88 Å². The van der Waals surface area contributed by atoms with Crippen molar-refractivity contribution in [3.63, 3.8) is 0 Å². The van der Waals surface area contributed by atoms with Gasteiger partial charge in [0.2, 0.25) is 5.88 Å². The lowest BCUT2D eigenvalue weighted by Gasteiger charge is -2.32. The molecule has 3 nitrogen and oxygen atoms in total. The summed E-state index contributed by atoms with van der Waals surface area (Å²) in [7, 11) is 0. The van der Waals surface area contributed by atoms with Crippen molar-refractivity contribution in [2.75, 3.05) is 0 Å². The van der Waals surface area contributed by atoms with Gasteiger partial charge in [-0.15, -0.1) is 0 Å². The summed E-state index contributed by atoms with van der Waals surface area (Å²) >= 11 is 0. The molecule has 1 heterocycles. The quantitative estimate of drug-likeness (QED) is 0.892. The predicted octanol–water partition coefficient (Wildman–Crippen LogP) is 3.30. The largest absolute Gasteiger partial charge is 0.474 e. The maximum atomic E-state index is 6.00. The number of hydrogen-bond donors (Lipinski definition) is 1. The van der Waals surface area contributed by atoms with Gasteiger partial charge >= 0.3 is 0 Å². The molecular formula is C15H24N2O. The molecule has 1 aromatic heterocycles. The van der Waals surface area contributed by atoms with Crippen molar-refractivity contribution in [3.05, 3.63) is 23.9 Å². The zero-order valence-corrected chi connectivity index (χ0v) is 11.6. The zero-order chi connectivity index (χ0) is 13.1. The molecule has 0 amide bonds. The molecule has 0 aliphatic heterocycles. The van der Waals surface area contributed by atoms with Crippen molar-refractivity contribution in [2.24, 2.45) is 17.6 Å². The van der Waals surface area contributed by atoms with Crippen LogP contribution in [0.1, 0.15) is 51.6 Å². The van der Waals surface area contributed by atoms with Crippen LogP contribution in [-0.2, 0) is 0 Å². The fourth-order valence-corrected chi connectivity index (χ4v) is 2.55. The highest BCUT2D eigenvalue weighted by Crippen LogP contribution is 2.31. The number of pyridine rings is 1. The third kappa shape index (κ3) is 3.22. The Bertz CT molecular complexity index is 392. The van der Waals surface area contributed by atoms with E-state index in [9.17, 15) is 0 Å². The molecule has 1 aromatic rings. The minimum Gasteiger partial charge on any atom is -0.474 e. The van der Waals surface area contributed by atoms with Gasteiger partial charge in [0, 0.05) is 18.3 Å². The smallest absolute Gasteiger partial charge is 0.213 e. The Labute approximate surface area is 110 Å². The van der Waals surface area contributed by atoms with Gasteiger partial charge in [-0.1, -0.05) is 13.8 Å². The second-order valence-corrected chi connectivity index (χ2v) is 5.72. The van der Waals surface area contributed by atoms with Crippen molar-refractivity contribution in [1.82, 2.24) is 4.98 Å². The average Bonchev–Trinajstić information content (AvgIpc) is 2.34. The summed E-state index contributed by atoms with van der Waals surface area (Å²) in [5, 5.41) is 0. The van der Waals surface area contributed by atoms with E-state index in [0.717, 1.165) is 36.1 Å². The first kappa shape index (κ1) is 13.3. The first-order chi connectivity index (χ1) is 8.56. The third-order valence-corrected chi connectivity index (χ3v) is 4.12. The van der Waals surface area contributed by atoms with Crippen LogP contribution in [0.25, 0.3) is 0 Å². The molecule has 4 atom stereocenters. The van der Waals surface area contributed by atoms with Crippen LogP contribution in [0, 0.1) is 11.8 Å². The number of rotatable bonds is 3. The molecule has 3 unspecified atom stereocenters. The third-order valence-electron chi connectivity index (χ3n) is 4.12. The fourth-order valence-electron chi connectivity index (χ4n) is 2.55. The maximum Gasteiger partial charge on any atom is 0.213 e. The van der Waals surface area contributed by atoms with E-state index in [2.05, 4.69) is 18.8 Å². The van der Waals surface area contributed by atoms with Gasteiger partial charge < -0.3 is 10.5 Å². The van der Waals surface area contributed by atoms with Gasteiger partial charge in [0.25, 0.3) is 0 Å². The second kappa shape index (κ2) is 5.70. The minimum atomic E-state index is 0.0284. The molecule has 1 saturated carbocycles. The molecule has 0 aromatic carbocycles. The van der Waals surface area contributed by atoms with Crippen LogP contribution in [0.15, 0.2) is 18.3 Å². The van der Waals surface area contributed by atoms with Gasteiger partial charge in [-0.2, -0.15) is 0 Å². The van der Waals surface area contributed by atoms with Crippen molar-refractivity contribution in [2.45, 2.75) is 52.2 Å². The highest BCUT2D eigenvalue weighted by molar-refractivity contribution is 5.23. The number of aromatic nitrogens is 1. The van der Waals surface area contributed by atoms with Gasteiger partial charge in [0.1, 0.15) is 6.10 Å². The molecule has 0 saturated heterocycles. The molecule has 0 radical (unpaired) electrons. The predicted molar refractivity (Wildman–Crippen MR) is 73.4 cm³/mol. The van der Waals surface area contributed by atoms with E-state index in [0.29, 0.717) is 6.10 Å². The summed E-state index contributed by atoms with van der Waals surface area (Å²) in [6.45, 7) is 6.62. The Kier molecular flexibility index (Phi) is 4.23. The van der Waals surface area contributed by atoms with Crippen molar-refractivity contribution >= 4 is 0 Å². The summed E-state index contributed by atoms with van der Waals surface area (Å²) in [5.74, 6) is 2.27. The van der Waals surface area contributed by atoms with E-state index in [1.165, 1.54) is 6.42 Å². The Morgan fingerprint density at radius 2 is 2.11 bits per heavy atom. The van der Waals surface area contributed by atoms with Gasteiger partial charge in [-0.05, 0) is 49.7 Å². The molecule has 1 aliphatic carbocycles. The Hall–Kier alpha value is -1.09. The van der Waals surface area contributed by atoms with Crippen LogP contribution in [-0.4, -0.2) is 11.1 Å². The van der Waals surface area contributed by atoms with Gasteiger partial charge in [0.15, 0.2) is 0 Å². The molecule has 1 fully saturated rings. The van der Waals surface area contributed by atoms with Crippen molar-refractivity contribution in [3.8, 4) is 5.88 Å². The standard InChI is InChI=1S/C15H24N2O/c1-10-4-5-14(8-11(10)2)18-15-9-13(12(3)16)6-7-17-15/h6-7,9-12,14H,4-5,8,16H2,1-3H3/t10?,11?,12-,14?/m1/s1. The summed E-state index contributed by atoms with van der Waals surface area (Å²) in [4.78, 5) is 4.28. The van der Waals surface area contributed by atoms with Crippen LogP contribution in [0.4, 0.5) is 0 Å². The SMILES string of the molecule is CC1CCC(Oc2cc([C@@H](C)N)ccn2)CC1C. The first-order valence-electron chi connectivity index (χ1n) is 6.94. The number of nitrogens with zero attached hydrogens (tertiary/aromatic N) is 1. The Morgan fingerprint density at radius 1 is 1.33 bits per heavy atom. The Morgan fingerprint density at radius 3 is 2.78 bits per heavy atom. The summed E-state index contributed by atoms with van der Waals surface area (Å²) in [6, 6.07) is 3.94. The normalized spacial score (nSPS) is 29.9. The number of nitrogens with two attached hydrogens (primary N) is 1. The molecular weight excluding hydrogens is 224 g/mol. The van der Waals surface area contributed by atoms with Crippen LogP contribution >= 0.6 is 0 Å². The topological polar surface area (TPSA) is 48.1 Å². The first-order valence-corrected chi connectivity index (χ1v) is 6.94. The lowest BCUT2D eigenvalue weighted by molar-refractivity contribution is 0.0963. The van der Waals surface area contributed by atoms with Crippen molar-refractivity contribution in [1.29, 1.82) is 0 Å². The van der Waals surface area contributed by atoms with Gasteiger partial charge in [0.05, 0.1) is 0 Å². The van der Waals surface area contributed by atoms with E-state index < -0.39 is 0 Å². The highest BCUT2D eigenvalue weighted by atomic mass is 16.5. The average molecular weight is 248 g/mol. The van der Waals surface area contributed by atoms with E-state index in [-0.39, 0.29) is 6.04 Å². The molecule has 3 heteroatoms.